The summed E-state index contributed by atoms with van der Waals surface area (Å²) >= 11 is 0. The SMILES string of the molecule is O=C(NC1CCC1)NC1CCS(=O)(=O)CC1. The van der Waals surface area contributed by atoms with Gasteiger partial charge in [0.15, 0.2) is 0 Å². The van der Waals surface area contributed by atoms with Gasteiger partial charge < -0.3 is 10.6 Å². The van der Waals surface area contributed by atoms with Crippen molar-refractivity contribution in [1.82, 2.24) is 10.6 Å². The van der Waals surface area contributed by atoms with Gasteiger partial charge in [0.05, 0.1) is 11.5 Å². The Morgan fingerprint density at radius 3 is 1.88 bits per heavy atom. The first kappa shape index (κ1) is 11.7. The van der Waals surface area contributed by atoms with Crippen molar-refractivity contribution in [3.8, 4) is 0 Å². The van der Waals surface area contributed by atoms with E-state index in [1.807, 2.05) is 0 Å². The second-order valence-electron chi connectivity index (χ2n) is 4.67. The van der Waals surface area contributed by atoms with Crippen molar-refractivity contribution >= 4 is 15.9 Å². The fourth-order valence-corrected chi connectivity index (χ4v) is 3.49. The van der Waals surface area contributed by atoms with Gasteiger partial charge in [-0.2, -0.15) is 0 Å². The van der Waals surface area contributed by atoms with Crippen LogP contribution in [0.4, 0.5) is 4.79 Å². The normalized spacial score (nSPS) is 25.8. The molecule has 92 valence electrons. The molecule has 2 amide bonds. The number of carbonyl (C=O) groups excluding carboxylic acids is 1. The Labute approximate surface area is 95.9 Å². The molecule has 0 atom stereocenters. The number of sulfone groups is 1. The Hall–Kier alpha value is -0.780. The number of amides is 2. The smallest absolute Gasteiger partial charge is 0.315 e. The van der Waals surface area contributed by atoms with Gasteiger partial charge in [0, 0.05) is 12.1 Å². The van der Waals surface area contributed by atoms with E-state index in [-0.39, 0.29) is 23.6 Å². The fourth-order valence-electron chi connectivity index (χ4n) is 2.00. The molecule has 1 aliphatic heterocycles. The minimum atomic E-state index is -2.84. The topological polar surface area (TPSA) is 75.3 Å². The van der Waals surface area contributed by atoms with E-state index >= 15 is 0 Å². The highest BCUT2D eigenvalue weighted by molar-refractivity contribution is 7.91. The first-order valence-electron chi connectivity index (χ1n) is 5.83. The van der Waals surface area contributed by atoms with Gasteiger partial charge in [-0.1, -0.05) is 0 Å². The van der Waals surface area contributed by atoms with Crippen molar-refractivity contribution in [2.45, 2.75) is 44.2 Å². The molecule has 0 spiro atoms. The second-order valence-corrected chi connectivity index (χ2v) is 6.98. The van der Waals surface area contributed by atoms with E-state index in [0.29, 0.717) is 18.9 Å². The van der Waals surface area contributed by atoms with Crippen molar-refractivity contribution < 1.29 is 13.2 Å². The van der Waals surface area contributed by atoms with Crippen LogP contribution in [0.25, 0.3) is 0 Å². The lowest BCUT2D eigenvalue weighted by Crippen LogP contribution is -2.50. The van der Waals surface area contributed by atoms with Crippen LogP contribution >= 0.6 is 0 Å². The van der Waals surface area contributed by atoms with Gasteiger partial charge in [-0.05, 0) is 32.1 Å². The highest BCUT2D eigenvalue weighted by Gasteiger charge is 2.26. The second kappa shape index (κ2) is 4.61. The number of hydrogen-bond acceptors (Lipinski definition) is 3. The van der Waals surface area contributed by atoms with Crippen molar-refractivity contribution in [3.63, 3.8) is 0 Å². The minimum Gasteiger partial charge on any atom is -0.335 e. The van der Waals surface area contributed by atoms with Gasteiger partial charge in [0.2, 0.25) is 0 Å². The Morgan fingerprint density at radius 2 is 1.44 bits per heavy atom. The molecule has 0 radical (unpaired) electrons. The summed E-state index contributed by atoms with van der Waals surface area (Å²) in [6, 6.07) is 0.199. The van der Waals surface area contributed by atoms with Gasteiger partial charge in [-0.3, -0.25) is 0 Å². The molecule has 0 aromatic carbocycles. The summed E-state index contributed by atoms with van der Waals surface area (Å²) in [5.41, 5.74) is 0. The van der Waals surface area contributed by atoms with Crippen molar-refractivity contribution in [1.29, 1.82) is 0 Å². The third kappa shape index (κ3) is 3.10. The number of urea groups is 1. The lowest BCUT2D eigenvalue weighted by atomic mass is 9.93. The van der Waals surface area contributed by atoms with E-state index in [2.05, 4.69) is 10.6 Å². The summed E-state index contributed by atoms with van der Waals surface area (Å²) in [5, 5.41) is 5.73. The van der Waals surface area contributed by atoms with E-state index in [1.165, 1.54) is 6.42 Å². The maximum atomic E-state index is 11.5. The van der Waals surface area contributed by atoms with Gasteiger partial charge in [-0.25, -0.2) is 13.2 Å². The lowest BCUT2D eigenvalue weighted by Gasteiger charge is -2.29. The van der Waals surface area contributed by atoms with E-state index in [9.17, 15) is 13.2 Å². The maximum absolute atomic E-state index is 11.5. The molecule has 0 aromatic heterocycles. The highest BCUT2D eigenvalue weighted by Crippen LogP contribution is 2.18. The van der Waals surface area contributed by atoms with E-state index in [4.69, 9.17) is 0 Å². The molecule has 2 fully saturated rings. The lowest BCUT2D eigenvalue weighted by molar-refractivity contribution is 0.223. The average Bonchev–Trinajstić information content (AvgIpc) is 2.15. The predicted octanol–water partition coefficient (Wildman–Crippen LogP) is 0.415. The summed E-state index contributed by atoms with van der Waals surface area (Å²) in [7, 11) is -2.84. The molecule has 1 saturated carbocycles. The number of rotatable bonds is 2. The molecule has 1 heterocycles. The molecule has 1 aliphatic carbocycles. The number of carbonyl (C=O) groups is 1. The Balaban J connectivity index is 1.71. The zero-order valence-electron chi connectivity index (χ0n) is 9.24. The molecule has 16 heavy (non-hydrogen) atoms. The van der Waals surface area contributed by atoms with Crippen LogP contribution in [0.3, 0.4) is 0 Å². The Morgan fingerprint density at radius 1 is 0.938 bits per heavy atom. The van der Waals surface area contributed by atoms with E-state index < -0.39 is 9.84 Å². The largest absolute Gasteiger partial charge is 0.335 e. The number of hydrogen-bond donors (Lipinski definition) is 2. The summed E-state index contributed by atoms with van der Waals surface area (Å²) in [6.07, 6.45) is 4.40. The fraction of sp³-hybridized carbons (Fsp3) is 0.900. The zero-order chi connectivity index (χ0) is 11.6. The highest BCUT2D eigenvalue weighted by atomic mass is 32.2. The van der Waals surface area contributed by atoms with Crippen LogP contribution < -0.4 is 10.6 Å². The summed E-state index contributed by atoms with van der Waals surface area (Å²) < 4.78 is 22.4. The van der Waals surface area contributed by atoms with Crippen LogP contribution in [0, 0.1) is 0 Å². The predicted molar refractivity (Wildman–Crippen MR) is 61.0 cm³/mol. The van der Waals surface area contributed by atoms with Crippen LogP contribution in [0.15, 0.2) is 0 Å². The molecule has 2 rings (SSSR count). The summed E-state index contributed by atoms with van der Waals surface area (Å²) in [6.45, 7) is 0. The first-order valence-corrected chi connectivity index (χ1v) is 7.65. The van der Waals surface area contributed by atoms with Crippen LogP contribution in [0.5, 0.6) is 0 Å². The maximum Gasteiger partial charge on any atom is 0.315 e. The Bertz CT molecular complexity index is 348. The van der Waals surface area contributed by atoms with Crippen molar-refractivity contribution in [2.75, 3.05) is 11.5 Å². The molecule has 0 aromatic rings. The third-order valence-electron chi connectivity index (χ3n) is 3.33. The Kier molecular flexibility index (Phi) is 3.37. The van der Waals surface area contributed by atoms with E-state index in [1.54, 1.807) is 0 Å². The van der Waals surface area contributed by atoms with Crippen molar-refractivity contribution in [2.24, 2.45) is 0 Å². The average molecular weight is 246 g/mol. The van der Waals surface area contributed by atoms with Crippen molar-refractivity contribution in [3.05, 3.63) is 0 Å². The molecule has 2 N–H and O–H groups in total. The molecule has 0 bridgehead atoms. The molecular formula is C10H18N2O3S. The standard InChI is InChI=1S/C10H18N2O3S/c13-10(11-8-2-1-3-8)12-9-4-6-16(14,15)7-5-9/h8-9H,1-7H2,(H2,11,12,13). The van der Waals surface area contributed by atoms with Gasteiger partial charge in [0.25, 0.3) is 0 Å². The van der Waals surface area contributed by atoms with Gasteiger partial charge >= 0.3 is 6.03 Å². The quantitative estimate of drug-likeness (QED) is 0.741. The first-order chi connectivity index (χ1) is 7.55. The molecule has 5 nitrogen and oxygen atoms in total. The molecule has 0 unspecified atom stereocenters. The summed E-state index contributed by atoms with van der Waals surface area (Å²) in [4.78, 5) is 11.5. The molecular weight excluding hydrogens is 228 g/mol. The van der Waals surface area contributed by atoms with Gasteiger partial charge in [0.1, 0.15) is 9.84 Å². The summed E-state index contributed by atoms with van der Waals surface area (Å²) in [5.74, 6) is 0.392. The molecule has 1 saturated heterocycles. The monoisotopic (exact) mass is 246 g/mol. The zero-order valence-corrected chi connectivity index (χ0v) is 10.1. The van der Waals surface area contributed by atoms with Crippen LogP contribution in [-0.4, -0.2) is 38.0 Å². The van der Waals surface area contributed by atoms with E-state index in [0.717, 1.165) is 12.8 Å². The third-order valence-corrected chi connectivity index (χ3v) is 5.05. The number of nitrogens with one attached hydrogen (secondary N) is 2. The van der Waals surface area contributed by atoms with Crippen LogP contribution in [0.2, 0.25) is 0 Å². The van der Waals surface area contributed by atoms with Crippen LogP contribution in [-0.2, 0) is 9.84 Å². The molecule has 6 heteroatoms. The van der Waals surface area contributed by atoms with Crippen LogP contribution in [0.1, 0.15) is 32.1 Å². The minimum absolute atomic E-state index is 0.0172. The van der Waals surface area contributed by atoms with Gasteiger partial charge in [-0.15, -0.1) is 0 Å². The molecule has 2 aliphatic rings.